The highest BCUT2D eigenvalue weighted by Gasteiger charge is 2.30. The predicted molar refractivity (Wildman–Crippen MR) is 68.9 cm³/mol. The second-order valence-electron chi connectivity index (χ2n) is 4.24. The van der Waals surface area contributed by atoms with Gasteiger partial charge in [-0.2, -0.15) is 0 Å². The third kappa shape index (κ3) is 4.24. The van der Waals surface area contributed by atoms with Gasteiger partial charge in [0.15, 0.2) is 11.5 Å². The maximum absolute atomic E-state index is 11.7. The van der Waals surface area contributed by atoms with Crippen molar-refractivity contribution in [1.82, 2.24) is 0 Å². The van der Waals surface area contributed by atoms with E-state index >= 15 is 0 Å². The third-order valence-corrected chi connectivity index (χ3v) is 2.34. The van der Waals surface area contributed by atoms with E-state index in [0.717, 1.165) is 0 Å². The van der Waals surface area contributed by atoms with Gasteiger partial charge < -0.3 is 9.47 Å². The molecule has 0 aromatic heterocycles. The van der Waals surface area contributed by atoms with Crippen LogP contribution in [0.2, 0.25) is 0 Å². The van der Waals surface area contributed by atoms with Crippen LogP contribution in [0.3, 0.4) is 0 Å². The Balaban J connectivity index is 2.87. The van der Waals surface area contributed by atoms with Crippen molar-refractivity contribution < 1.29 is 19.2 Å². The Morgan fingerprint density at radius 1 is 1.32 bits per heavy atom. The van der Waals surface area contributed by atoms with E-state index in [9.17, 15) is 14.9 Å². The molecule has 0 fully saturated rings. The van der Waals surface area contributed by atoms with Crippen LogP contribution in [0, 0.1) is 10.1 Å². The number of benzene rings is 1. The fraction of sp³-hybridized carbons (Fsp3) is 0.462. The normalized spacial score (nSPS) is 12.0. The molecule has 0 bridgehead atoms. The summed E-state index contributed by atoms with van der Waals surface area (Å²) in [5, 5.41) is 10.7. The van der Waals surface area contributed by atoms with Crippen LogP contribution in [0.1, 0.15) is 27.2 Å². The first-order valence-electron chi connectivity index (χ1n) is 6.06. The standard InChI is InChI=1S/C13H17NO5/c1-4-10(14(16)17)13(15)19-12-8-6-5-7-11(12)18-9(2)3/h5-10H,4H2,1-3H3. The molecule has 0 aliphatic carbocycles. The van der Waals surface area contributed by atoms with Gasteiger partial charge in [-0.1, -0.05) is 19.1 Å². The van der Waals surface area contributed by atoms with Crippen LogP contribution in [-0.4, -0.2) is 23.0 Å². The Hall–Kier alpha value is -2.11. The first kappa shape index (κ1) is 14.9. The molecule has 6 heteroatoms. The molecule has 0 amide bonds. The molecular formula is C13H17NO5. The molecule has 6 nitrogen and oxygen atoms in total. The van der Waals surface area contributed by atoms with Gasteiger partial charge in [0.05, 0.1) is 6.10 Å². The number of nitro groups is 1. The molecule has 1 unspecified atom stereocenters. The third-order valence-electron chi connectivity index (χ3n) is 2.34. The zero-order valence-corrected chi connectivity index (χ0v) is 11.2. The van der Waals surface area contributed by atoms with Crippen molar-refractivity contribution in [3.05, 3.63) is 34.4 Å². The van der Waals surface area contributed by atoms with E-state index in [4.69, 9.17) is 9.47 Å². The predicted octanol–water partition coefficient (Wildman–Crippen LogP) is 2.43. The van der Waals surface area contributed by atoms with Crippen molar-refractivity contribution in [3.8, 4) is 11.5 Å². The summed E-state index contributed by atoms with van der Waals surface area (Å²) in [7, 11) is 0. The average molecular weight is 267 g/mol. The molecule has 1 atom stereocenters. The minimum Gasteiger partial charge on any atom is -0.487 e. The number of hydrogen-bond donors (Lipinski definition) is 0. The maximum atomic E-state index is 11.7. The lowest BCUT2D eigenvalue weighted by molar-refractivity contribution is -0.509. The molecule has 0 N–H and O–H groups in total. The molecule has 104 valence electrons. The molecule has 1 aromatic rings. The molecule has 0 saturated carbocycles. The number of carbonyl (C=O) groups excluding carboxylic acids is 1. The zero-order valence-electron chi connectivity index (χ0n) is 11.2. The molecule has 1 rings (SSSR count). The van der Waals surface area contributed by atoms with Gasteiger partial charge >= 0.3 is 12.0 Å². The van der Waals surface area contributed by atoms with Crippen molar-refractivity contribution in [3.63, 3.8) is 0 Å². The summed E-state index contributed by atoms with van der Waals surface area (Å²) >= 11 is 0. The Morgan fingerprint density at radius 3 is 2.37 bits per heavy atom. The Labute approximate surface area is 111 Å². The van der Waals surface area contributed by atoms with E-state index in [0.29, 0.717) is 5.75 Å². The Morgan fingerprint density at radius 2 is 1.89 bits per heavy atom. The van der Waals surface area contributed by atoms with Gasteiger partial charge in [0.1, 0.15) is 0 Å². The fourth-order valence-corrected chi connectivity index (χ4v) is 1.46. The molecule has 0 saturated heterocycles. The number of carbonyl (C=O) groups is 1. The first-order chi connectivity index (χ1) is 8.95. The highest BCUT2D eigenvalue weighted by Crippen LogP contribution is 2.28. The Bertz CT molecular complexity index is 458. The van der Waals surface area contributed by atoms with Gasteiger partial charge in [-0.25, -0.2) is 4.79 Å². The number of ether oxygens (including phenoxy) is 2. The number of esters is 1. The van der Waals surface area contributed by atoms with Crippen LogP contribution >= 0.6 is 0 Å². The highest BCUT2D eigenvalue weighted by molar-refractivity contribution is 5.77. The van der Waals surface area contributed by atoms with Crippen LogP contribution in [0.5, 0.6) is 11.5 Å². The van der Waals surface area contributed by atoms with E-state index in [1.807, 2.05) is 13.8 Å². The van der Waals surface area contributed by atoms with E-state index in [2.05, 4.69) is 0 Å². The summed E-state index contributed by atoms with van der Waals surface area (Å²) < 4.78 is 10.5. The monoisotopic (exact) mass is 267 g/mol. The highest BCUT2D eigenvalue weighted by atomic mass is 16.6. The van der Waals surface area contributed by atoms with Crippen molar-refractivity contribution in [2.24, 2.45) is 0 Å². The number of nitrogens with zero attached hydrogens (tertiary/aromatic N) is 1. The van der Waals surface area contributed by atoms with Crippen molar-refractivity contribution in [1.29, 1.82) is 0 Å². The number of para-hydroxylation sites is 2. The minimum absolute atomic E-state index is 0.0824. The number of hydrogen-bond acceptors (Lipinski definition) is 5. The van der Waals surface area contributed by atoms with Crippen molar-refractivity contribution >= 4 is 5.97 Å². The molecule has 0 aliphatic rings. The summed E-state index contributed by atoms with van der Waals surface area (Å²) in [6, 6.07) is 5.24. The molecule has 0 spiro atoms. The summed E-state index contributed by atoms with van der Waals surface area (Å²) in [5.41, 5.74) is 0. The maximum Gasteiger partial charge on any atom is 0.387 e. The largest absolute Gasteiger partial charge is 0.487 e. The van der Waals surface area contributed by atoms with E-state index in [1.54, 1.807) is 31.2 Å². The van der Waals surface area contributed by atoms with Crippen LogP contribution in [0.25, 0.3) is 0 Å². The van der Waals surface area contributed by atoms with Gasteiger partial charge in [0, 0.05) is 11.3 Å². The zero-order chi connectivity index (χ0) is 14.4. The van der Waals surface area contributed by atoms with Gasteiger partial charge in [0.2, 0.25) is 0 Å². The molecule has 0 heterocycles. The second kappa shape index (κ2) is 6.72. The van der Waals surface area contributed by atoms with E-state index in [-0.39, 0.29) is 18.3 Å². The fourth-order valence-electron chi connectivity index (χ4n) is 1.46. The molecule has 1 aromatic carbocycles. The lowest BCUT2D eigenvalue weighted by atomic mass is 10.2. The summed E-state index contributed by atoms with van der Waals surface area (Å²) in [5.74, 6) is -0.294. The summed E-state index contributed by atoms with van der Waals surface area (Å²) in [4.78, 5) is 21.8. The SMILES string of the molecule is CCC(C(=O)Oc1ccccc1OC(C)C)[N+](=O)[O-]. The molecule has 0 radical (unpaired) electrons. The van der Waals surface area contributed by atoms with E-state index in [1.165, 1.54) is 0 Å². The van der Waals surface area contributed by atoms with Gasteiger partial charge in [-0.05, 0) is 26.0 Å². The minimum atomic E-state index is -1.35. The van der Waals surface area contributed by atoms with Gasteiger partial charge in [-0.15, -0.1) is 0 Å². The van der Waals surface area contributed by atoms with Crippen LogP contribution in [-0.2, 0) is 4.79 Å². The van der Waals surface area contributed by atoms with E-state index < -0.39 is 16.9 Å². The number of rotatable bonds is 6. The lowest BCUT2D eigenvalue weighted by Crippen LogP contribution is -2.32. The van der Waals surface area contributed by atoms with Crippen molar-refractivity contribution in [2.75, 3.05) is 0 Å². The average Bonchev–Trinajstić information content (AvgIpc) is 2.31. The smallest absolute Gasteiger partial charge is 0.387 e. The van der Waals surface area contributed by atoms with Gasteiger partial charge in [0.25, 0.3) is 0 Å². The quantitative estimate of drug-likeness (QED) is 0.342. The molecule has 19 heavy (non-hydrogen) atoms. The molecule has 0 aliphatic heterocycles. The lowest BCUT2D eigenvalue weighted by Gasteiger charge is -2.14. The summed E-state index contributed by atoms with van der Waals surface area (Å²) in [6.07, 6.45) is -0.00342. The first-order valence-corrected chi connectivity index (χ1v) is 6.06. The summed E-state index contributed by atoms with van der Waals surface area (Å²) in [6.45, 7) is 5.24. The van der Waals surface area contributed by atoms with Crippen LogP contribution < -0.4 is 9.47 Å². The second-order valence-corrected chi connectivity index (χ2v) is 4.24. The van der Waals surface area contributed by atoms with Crippen molar-refractivity contribution in [2.45, 2.75) is 39.3 Å². The topological polar surface area (TPSA) is 78.7 Å². The van der Waals surface area contributed by atoms with Gasteiger partial charge in [-0.3, -0.25) is 10.1 Å². The van der Waals surface area contributed by atoms with Crippen LogP contribution in [0.15, 0.2) is 24.3 Å². The van der Waals surface area contributed by atoms with Crippen LogP contribution in [0.4, 0.5) is 0 Å². The molecular weight excluding hydrogens is 250 g/mol. The Kier molecular flexibility index (Phi) is 5.29.